The Morgan fingerprint density at radius 2 is 2.05 bits per heavy atom. The van der Waals surface area contributed by atoms with Crippen molar-refractivity contribution in [2.75, 3.05) is 26.0 Å². The number of carbonyl (C=O) groups excluding carboxylic acids is 3. The minimum atomic E-state index is -0.392. The zero-order valence-electron chi connectivity index (χ0n) is 12.1. The maximum atomic E-state index is 12.1. The number of nitrogens with zero attached hydrogens (tertiary/aromatic N) is 1. The van der Waals surface area contributed by atoms with Crippen molar-refractivity contribution in [2.45, 2.75) is 19.9 Å². The van der Waals surface area contributed by atoms with Crippen molar-refractivity contribution in [2.24, 2.45) is 0 Å². The molecule has 0 spiro atoms. The topological polar surface area (TPSA) is 87.7 Å². The SMILES string of the molecule is CNC(=O)c1c(NC(C)=O)sc2c1CCN(C(=O)OC)C2. The van der Waals surface area contributed by atoms with Crippen molar-refractivity contribution >= 4 is 34.2 Å². The molecule has 1 aliphatic heterocycles. The van der Waals surface area contributed by atoms with Crippen LogP contribution in [0.4, 0.5) is 9.80 Å². The molecule has 3 amide bonds. The Morgan fingerprint density at radius 1 is 1.33 bits per heavy atom. The zero-order chi connectivity index (χ0) is 15.6. The average Bonchev–Trinajstić information content (AvgIpc) is 2.81. The minimum Gasteiger partial charge on any atom is -0.453 e. The van der Waals surface area contributed by atoms with Crippen LogP contribution in [-0.4, -0.2) is 43.5 Å². The number of thiophene rings is 1. The number of hydrogen-bond donors (Lipinski definition) is 2. The van der Waals surface area contributed by atoms with Crippen molar-refractivity contribution in [1.29, 1.82) is 0 Å². The van der Waals surface area contributed by atoms with Gasteiger partial charge in [0.25, 0.3) is 5.91 Å². The largest absolute Gasteiger partial charge is 0.453 e. The Hall–Kier alpha value is -2.09. The van der Waals surface area contributed by atoms with Gasteiger partial charge in [-0.2, -0.15) is 0 Å². The molecule has 0 aromatic carbocycles. The summed E-state index contributed by atoms with van der Waals surface area (Å²) in [6.07, 6.45) is 0.167. The van der Waals surface area contributed by atoms with E-state index in [1.54, 1.807) is 11.9 Å². The lowest BCUT2D eigenvalue weighted by atomic mass is 10.0. The van der Waals surface area contributed by atoms with Gasteiger partial charge in [-0.25, -0.2) is 4.79 Å². The second-order valence-corrected chi connectivity index (χ2v) is 5.71. The average molecular weight is 311 g/mol. The van der Waals surface area contributed by atoms with Gasteiger partial charge in [0.05, 0.1) is 19.2 Å². The summed E-state index contributed by atoms with van der Waals surface area (Å²) in [7, 11) is 2.89. The first-order chi connectivity index (χ1) is 9.97. The van der Waals surface area contributed by atoms with Gasteiger partial charge in [-0.15, -0.1) is 11.3 Å². The highest BCUT2D eigenvalue weighted by Crippen LogP contribution is 2.37. The molecule has 0 atom stereocenters. The van der Waals surface area contributed by atoms with E-state index in [0.717, 1.165) is 10.4 Å². The van der Waals surface area contributed by atoms with Crippen molar-refractivity contribution in [3.8, 4) is 0 Å². The van der Waals surface area contributed by atoms with Crippen molar-refractivity contribution < 1.29 is 19.1 Å². The van der Waals surface area contributed by atoms with Crippen LogP contribution in [0.25, 0.3) is 0 Å². The Morgan fingerprint density at radius 3 is 2.62 bits per heavy atom. The standard InChI is InChI=1S/C13H17N3O4S/c1-7(17)15-12-10(11(18)14-2)8-4-5-16(13(19)20-3)6-9(8)21-12/h4-6H2,1-3H3,(H,14,18)(H,15,17). The number of ether oxygens (including phenoxy) is 1. The lowest BCUT2D eigenvalue weighted by Gasteiger charge is -2.25. The van der Waals surface area contributed by atoms with Gasteiger partial charge in [-0.3, -0.25) is 9.59 Å². The first kappa shape index (κ1) is 15.3. The van der Waals surface area contributed by atoms with Gasteiger partial charge in [0.1, 0.15) is 5.00 Å². The van der Waals surface area contributed by atoms with Crippen molar-refractivity contribution in [3.05, 3.63) is 16.0 Å². The van der Waals surface area contributed by atoms with Crippen LogP contribution in [0.1, 0.15) is 27.7 Å². The minimum absolute atomic E-state index is 0.233. The van der Waals surface area contributed by atoms with E-state index >= 15 is 0 Å². The summed E-state index contributed by atoms with van der Waals surface area (Å²) in [6, 6.07) is 0. The molecule has 0 unspecified atom stereocenters. The normalized spacial score (nSPS) is 13.4. The summed E-state index contributed by atoms with van der Waals surface area (Å²) in [5.74, 6) is -0.466. The van der Waals surface area contributed by atoms with E-state index in [-0.39, 0.29) is 11.8 Å². The summed E-state index contributed by atoms with van der Waals surface area (Å²) < 4.78 is 4.72. The number of anilines is 1. The molecule has 21 heavy (non-hydrogen) atoms. The van der Waals surface area contributed by atoms with E-state index in [2.05, 4.69) is 10.6 Å². The lowest BCUT2D eigenvalue weighted by Crippen LogP contribution is -2.35. The van der Waals surface area contributed by atoms with Crippen LogP contribution in [0.5, 0.6) is 0 Å². The highest BCUT2D eigenvalue weighted by atomic mass is 32.1. The fraction of sp³-hybridized carbons (Fsp3) is 0.462. The second kappa shape index (κ2) is 6.13. The van der Waals surface area contributed by atoms with Crippen LogP contribution < -0.4 is 10.6 Å². The van der Waals surface area contributed by atoms with E-state index in [1.165, 1.54) is 25.4 Å². The summed E-state index contributed by atoms with van der Waals surface area (Å²) in [6.45, 7) is 2.27. The molecule has 0 radical (unpaired) electrons. The first-order valence-corrected chi connectivity index (χ1v) is 7.26. The molecule has 7 nitrogen and oxygen atoms in total. The van der Waals surface area contributed by atoms with Crippen LogP contribution in [0.15, 0.2) is 0 Å². The summed E-state index contributed by atoms with van der Waals surface area (Å²) >= 11 is 1.32. The summed E-state index contributed by atoms with van der Waals surface area (Å²) in [5, 5.41) is 5.80. The number of amides is 3. The molecule has 0 aliphatic carbocycles. The third kappa shape index (κ3) is 2.99. The molecule has 114 valence electrons. The summed E-state index contributed by atoms with van der Waals surface area (Å²) in [4.78, 5) is 37.4. The first-order valence-electron chi connectivity index (χ1n) is 6.45. The van der Waals surface area contributed by atoms with Crippen LogP contribution in [0, 0.1) is 0 Å². The van der Waals surface area contributed by atoms with Crippen molar-refractivity contribution in [3.63, 3.8) is 0 Å². The van der Waals surface area contributed by atoms with Gasteiger partial charge in [0.2, 0.25) is 5.91 Å². The zero-order valence-corrected chi connectivity index (χ0v) is 12.9. The summed E-state index contributed by atoms with van der Waals surface area (Å²) in [5.41, 5.74) is 1.39. The van der Waals surface area contributed by atoms with E-state index < -0.39 is 6.09 Å². The number of hydrogen-bond acceptors (Lipinski definition) is 5. The second-order valence-electron chi connectivity index (χ2n) is 4.61. The predicted molar refractivity (Wildman–Crippen MR) is 78.5 cm³/mol. The monoisotopic (exact) mass is 311 g/mol. The fourth-order valence-electron chi connectivity index (χ4n) is 2.30. The lowest BCUT2D eigenvalue weighted by molar-refractivity contribution is -0.114. The van der Waals surface area contributed by atoms with E-state index in [9.17, 15) is 14.4 Å². The quantitative estimate of drug-likeness (QED) is 0.859. The van der Waals surface area contributed by atoms with Gasteiger partial charge >= 0.3 is 6.09 Å². The van der Waals surface area contributed by atoms with Crippen LogP contribution in [0.3, 0.4) is 0 Å². The fourth-order valence-corrected chi connectivity index (χ4v) is 3.61. The van der Waals surface area contributed by atoms with Crippen LogP contribution in [-0.2, 0) is 22.5 Å². The van der Waals surface area contributed by atoms with Crippen LogP contribution in [0.2, 0.25) is 0 Å². The van der Waals surface area contributed by atoms with Crippen molar-refractivity contribution in [1.82, 2.24) is 10.2 Å². The Labute approximate surface area is 126 Å². The Balaban J connectivity index is 2.38. The Bertz CT molecular complexity index is 596. The molecule has 2 heterocycles. The van der Waals surface area contributed by atoms with Gasteiger partial charge in [0.15, 0.2) is 0 Å². The molecular formula is C13H17N3O4S. The number of methoxy groups -OCH3 is 1. The molecule has 1 aromatic heterocycles. The van der Waals surface area contributed by atoms with Crippen LogP contribution >= 0.6 is 11.3 Å². The highest BCUT2D eigenvalue weighted by Gasteiger charge is 2.29. The van der Waals surface area contributed by atoms with E-state index in [0.29, 0.717) is 30.1 Å². The molecule has 0 saturated carbocycles. The number of fused-ring (bicyclic) bond motifs is 1. The number of nitrogens with one attached hydrogen (secondary N) is 2. The molecule has 0 fully saturated rings. The predicted octanol–water partition coefficient (Wildman–Crippen LogP) is 1.19. The number of carbonyl (C=O) groups is 3. The molecule has 0 bridgehead atoms. The molecule has 8 heteroatoms. The molecular weight excluding hydrogens is 294 g/mol. The van der Waals surface area contributed by atoms with Gasteiger partial charge in [-0.1, -0.05) is 0 Å². The van der Waals surface area contributed by atoms with E-state index in [1.807, 2.05) is 0 Å². The van der Waals surface area contributed by atoms with E-state index in [4.69, 9.17) is 4.74 Å². The Kier molecular flexibility index (Phi) is 4.46. The van der Waals surface area contributed by atoms with Gasteiger partial charge < -0.3 is 20.3 Å². The number of rotatable bonds is 2. The highest BCUT2D eigenvalue weighted by molar-refractivity contribution is 7.17. The third-order valence-corrected chi connectivity index (χ3v) is 4.37. The third-order valence-electron chi connectivity index (χ3n) is 3.23. The molecule has 2 N–H and O–H groups in total. The smallest absolute Gasteiger partial charge is 0.409 e. The molecule has 1 aliphatic rings. The van der Waals surface area contributed by atoms with Gasteiger partial charge in [-0.05, 0) is 12.0 Å². The molecule has 0 saturated heterocycles. The molecule has 1 aromatic rings. The maximum Gasteiger partial charge on any atom is 0.409 e. The maximum absolute atomic E-state index is 12.1. The van der Waals surface area contributed by atoms with Gasteiger partial charge in [0, 0.05) is 25.4 Å². The molecule has 2 rings (SSSR count).